The number of hydrogen-bond donors (Lipinski definition) is 1. The summed E-state index contributed by atoms with van der Waals surface area (Å²) >= 11 is 0. The Hall–Kier alpha value is -2.91. The molecule has 0 spiro atoms. The summed E-state index contributed by atoms with van der Waals surface area (Å²) in [5.74, 6) is 0.805. The van der Waals surface area contributed by atoms with Crippen LogP contribution in [0.5, 0.6) is 5.75 Å². The first-order valence-electron chi connectivity index (χ1n) is 9.45. The van der Waals surface area contributed by atoms with Gasteiger partial charge in [-0.05, 0) is 43.9 Å². The van der Waals surface area contributed by atoms with Crippen LogP contribution in [0.15, 0.2) is 57.8 Å². The lowest BCUT2D eigenvalue weighted by Gasteiger charge is -2.26. The zero-order chi connectivity index (χ0) is 21.9. The van der Waals surface area contributed by atoms with Gasteiger partial charge < -0.3 is 19.9 Å². The number of amides is 1. The first-order valence-corrected chi connectivity index (χ1v) is 10.9. The van der Waals surface area contributed by atoms with Crippen LogP contribution < -0.4 is 10.1 Å². The highest BCUT2D eigenvalue weighted by molar-refractivity contribution is 7.90. The fourth-order valence-electron chi connectivity index (χ4n) is 3.37. The van der Waals surface area contributed by atoms with Crippen molar-refractivity contribution in [2.75, 3.05) is 41.3 Å². The molecule has 2 aromatic rings. The van der Waals surface area contributed by atoms with E-state index >= 15 is 0 Å². The van der Waals surface area contributed by atoms with Crippen LogP contribution in [-0.4, -0.2) is 71.3 Å². The summed E-state index contributed by atoms with van der Waals surface area (Å²) in [5, 5.41) is 2.93. The minimum absolute atomic E-state index is 0.0129. The van der Waals surface area contributed by atoms with Gasteiger partial charge in [-0.2, -0.15) is 8.42 Å². The van der Waals surface area contributed by atoms with Gasteiger partial charge in [0.25, 0.3) is 10.0 Å². The number of amidine groups is 1. The maximum absolute atomic E-state index is 12.6. The van der Waals surface area contributed by atoms with Crippen molar-refractivity contribution < 1.29 is 17.9 Å². The van der Waals surface area contributed by atoms with E-state index in [9.17, 15) is 13.2 Å². The SMILES string of the molecule is COc1cccc(C(CNC(=O)CN(C)C2=NS(=O)(=O)c3ccccc32)N(C)C)c1. The Morgan fingerprint density at radius 1 is 1.13 bits per heavy atom. The molecule has 9 heteroatoms. The Morgan fingerprint density at radius 3 is 2.57 bits per heavy atom. The molecular weight excluding hydrogens is 404 g/mol. The van der Waals surface area contributed by atoms with E-state index in [1.807, 2.05) is 43.3 Å². The molecule has 0 aromatic heterocycles. The van der Waals surface area contributed by atoms with E-state index < -0.39 is 10.0 Å². The molecule has 3 rings (SSSR count). The average molecular weight is 431 g/mol. The molecule has 0 fully saturated rings. The summed E-state index contributed by atoms with van der Waals surface area (Å²) in [4.78, 5) is 16.3. The lowest BCUT2D eigenvalue weighted by Crippen LogP contribution is -2.41. The van der Waals surface area contributed by atoms with E-state index in [2.05, 4.69) is 9.71 Å². The van der Waals surface area contributed by atoms with Crippen LogP contribution in [0.1, 0.15) is 17.2 Å². The molecule has 30 heavy (non-hydrogen) atoms. The Labute approximate surface area is 177 Å². The second kappa shape index (κ2) is 8.85. The summed E-state index contributed by atoms with van der Waals surface area (Å²) in [5.41, 5.74) is 1.53. The van der Waals surface area contributed by atoms with Crippen LogP contribution >= 0.6 is 0 Å². The van der Waals surface area contributed by atoms with Gasteiger partial charge in [0.05, 0.1) is 19.7 Å². The zero-order valence-electron chi connectivity index (χ0n) is 17.5. The number of methoxy groups -OCH3 is 1. The predicted molar refractivity (Wildman–Crippen MR) is 115 cm³/mol. The highest BCUT2D eigenvalue weighted by Gasteiger charge is 2.31. The van der Waals surface area contributed by atoms with Crippen LogP contribution in [0.25, 0.3) is 0 Å². The maximum Gasteiger partial charge on any atom is 0.285 e. The number of likely N-dealkylation sites (N-methyl/N-ethyl adjacent to an activating group) is 2. The van der Waals surface area contributed by atoms with Crippen LogP contribution in [-0.2, 0) is 14.8 Å². The van der Waals surface area contributed by atoms with Gasteiger partial charge in [-0.15, -0.1) is 4.40 Å². The van der Waals surface area contributed by atoms with Crippen molar-refractivity contribution in [3.8, 4) is 5.75 Å². The fraction of sp³-hybridized carbons (Fsp3) is 0.333. The molecule has 1 heterocycles. The molecule has 0 bridgehead atoms. The normalized spacial score (nSPS) is 15.3. The first kappa shape index (κ1) is 21.8. The van der Waals surface area contributed by atoms with Crippen molar-refractivity contribution in [3.63, 3.8) is 0 Å². The average Bonchev–Trinajstić information content (AvgIpc) is 2.99. The summed E-state index contributed by atoms with van der Waals surface area (Å²) in [6.45, 7) is 0.384. The van der Waals surface area contributed by atoms with E-state index in [-0.39, 0.29) is 29.2 Å². The van der Waals surface area contributed by atoms with Crippen LogP contribution in [0, 0.1) is 0 Å². The molecule has 1 N–H and O–H groups in total. The smallest absolute Gasteiger partial charge is 0.285 e. The summed E-state index contributed by atoms with van der Waals surface area (Å²) in [7, 11) is 3.44. The number of rotatable bonds is 7. The van der Waals surface area contributed by atoms with Crippen molar-refractivity contribution in [3.05, 3.63) is 59.7 Å². The maximum atomic E-state index is 12.6. The third-order valence-corrected chi connectivity index (χ3v) is 6.27. The molecule has 1 amide bonds. The minimum atomic E-state index is -3.72. The third kappa shape index (κ3) is 4.63. The second-order valence-corrected chi connectivity index (χ2v) is 8.87. The molecular formula is C21H26N4O4S. The van der Waals surface area contributed by atoms with Gasteiger partial charge >= 0.3 is 0 Å². The monoisotopic (exact) mass is 430 g/mol. The molecule has 1 unspecified atom stereocenters. The fourth-order valence-corrected chi connectivity index (χ4v) is 4.62. The van der Waals surface area contributed by atoms with E-state index in [4.69, 9.17) is 4.74 Å². The molecule has 0 aliphatic carbocycles. The van der Waals surface area contributed by atoms with E-state index in [1.165, 1.54) is 6.07 Å². The molecule has 0 radical (unpaired) electrons. The van der Waals surface area contributed by atoms with Gasteiger partial charge in [-0.25, -0.2) is 0 Å². The van der Waals surface area contributed by atoms with Crippen LogP contribution in [0.2, 0.25) is 0 Å². The Bertz CT molecular complexity index is 1070. The van der Waals surface area contributed by atoms with Crippen molar-refractivity contribution in [2.45, 2.75) is 10.9 Å². The van der Waals surface area contributed by atoms with E-state index in [1.54, 1.807) is 37.3 Å². The lowest BCUT2D eigenvalue weighted by molar-refractivity contribution is -0.121. The Morgan fingerprint density at radius 2 is 1.87 bits per heavy atom. The molecule has 1 aliphatic heterocycles. The van der Waals surface area contributed by atoms with Gasteiger partial charge in [0.15, 0.2) is 5.84 Å². The zero-order valence-corrected chi connectivity index (χ0v) is 18.3. The van der Waals surface area contributed by atoms with Crippen molar-refractivity contribution in [1.82, 2.24) is 15.1 Å². The molecule has 160 valence electrons. The minimum Gasteiger partial charge on any atom is -0.497 e. The second-order valence-electron chi connectivity index (χ2n) is 7.30. The highest BCUT2D eigenvalue weighted by atomic mass is 32.2. The predicted octanol–water partition coefficient (Wildman–Crippen LogP) is 1.49. The number of sulfonamides is 1. The quantitative estimate of drug-likeness (QED) is 0.716. The number of carbonyl (C=O) groups is 1. The lowest BCUT2D eigenvalue weighted by atomic mass is 10.1. The van der Waals surface area contributed by atoms with E-state index in [0.717, 1.165) is 11.3 Å². The first-order chi connectivity index (χ1) is 14.2. The number of carbonyl (C=O) groups excluding carboxylic acids is 1. The van der Waals surface area contributed by atoms with Crippen molar-refractivity contribution in [2.24, 2.45) is 4.40 Å². The molecule has 1 atom stereocenters. The van der Waals surface area contributed by atoms with Gasteiger partial charge in [0, 0.05) is 19.2 Å². The van der Waals surface area contributed by atoms with Gasteiger partial charge in [-0.1, -0.05) is 24.3 Å². The van der Waals surface area contributed by atoms with Gasteiger partial charge in [0.2, 0.25) is 5.91 Å². The third-order valence-electron chi connectivity index (χ3n) is 4.95. The van der Waals surface area contributed by atoms with Gasteiger partial charge in [0.1, 0.15) is 10.6 Å². The summed E-state index contributed by atoms with van der Waals surface area (Å²) in [6.07, 6.45) is 0. The number of benzene rings is 2. The number of hydrogen-bond acceptors (Lipinski definition) is 6. The molecule has 8 nitrogen and oxygen atoms in total. The van der Waals surface area contributed by atoms with E-state index in [0.29, 0.717) is 12.1 Å². The van der Waals surface area contributed by atoms with Crippen molar-refractivity contribution in [1.29, 1.82) is 0 Å². The Kier molecular flexibility index (Phi) is 6.42. The summed E-state index contributed by atoms with van der Waals surface area (Å²) in [6, 6.07) is 14.3. The van der Waals surface area contributed by atoms with Crippen LogP contribution in [0.3, 0.4) is 0 Å². The largest absolute Gasteiger partial charge is 0.497 e. The highest BCUT2D eigenvalue weighted by Crippen LogP contribution is 2.27. The topological polar surface area (TPSA) is 91.3 Å². The number of fused-ring (bicyclic) bond motifs is 1. The number of ether oxygens (including phenoxy) is 1. The Balaban J connectivity index is 1.66. The standard InChI is InChI=1S/C21H26N4O4S/c1-24(2)18(15-8-7-9-16(12-15)29-4)13-22-20(26)14-25(3)21-17-10-5-6-11-19(17)30(27,28)23-21/h5-12,18H,13-14H2,1-4H3,(H,22,26). The van der Waals surface area contributed by atoms with Crippen LogP contribution in [0.4, 0.5) is 0 Å². The number of nitrogens with one attached hydrogen (secondary N) is 1. The molecule has 1 aliphatic rings. The van der Waals surface area contributed by atoms with Gasteiger partial charge in [-0.3, -0.25) is 4.79 Å². The van der Waals surface area contributed by atoms with Crippen molar-refractivity contribution >= 4 is 21.8 Å². The molecule has 0 saturated carbocycles. The number of nitrogens with zero attached hydrogens (tertiary/aromatic N) is 3. The molecule has 2 aromatic carbocycles. The molecule has 0 saturated heterocycles. The summed E-state index contributed by atoms with van der Waals surface area (Å²) < 4.78 is 33.6.